The van der Waals surface area contributed by atoms with Crippen molar-refractivity contribution in [2.24, 2.45) is 0 Å². The number of halogens is 1. The monoisotopic (exact) mass is 263 g/mol. The minimum Gasteiger partial charge on any atom is -0.384 e. The third-order valence-corrected chi connectivity index (χ3v) is 3.68. The van der Waals surface area contributed by atoms with Crippen LogP contribution in [0.4, 0.5) is 4.39 Å². The summed E-state index contributed by atoms with van der Waals surface area (Å²) in [6.45, 7) is 6.99. The van der Waals surface area contributed by atoms with Crippen LogP contribution in [0.3, 0.4) is 0 Å². The highest BCUT2D eigenvalue weighted by molar-refractivity contribution is 5.41. The van der Waals surface area contributed by atoms with Crippen molar-refractivity contribution in [2.75, 3.05) is 13.7 Å². The van der Waals surface area contributed by atoms with E-state index < -0.39 is 0 Å². The lowest BCUT2D eigenvalue weighted by Crippen LogP contribution is -2.39. The molecule has 3 heteroatoms. The molecule has 0 aromatic heterocycles. The smallest absolute Gasteiger partial charge is 0.124 e. The number of benzene rings is 1. The van der Waals surface area contributed by atoms with Gasteiger partial charge in [-0.1, -0.05) is 24.8 Å². The van der Waals surface area contributed by atoms with Crippen LogP contribution in [0.25, 0.3) is 0 Å². The Hall–Kier alpha value is -1.37. The van der Waals surface area contributed by atoms with Crippen LogP contribution < -0.4 is 0 Å². The summed E-state index contributed by atoms with van der Waals surface area (Å²) in [4.78, 5) is 2.23. The van der Waals surface area contributed by atoms with Crippen molar-refractivity contribution < 1.29 is 9.50 Å². The van der Waals surface area contributed by atoms with E-state index in [4.69, 9.17) is 5.11 Å². The molecule has 0 saturated carbocycles. The zero-order valence-corrected chi connectivity index (χ0v) is 12.1. The molecule has 0 aliphatic carbocycles. The van der Waals surface area contributed by atoms with Gasteiger partial charge in [-0.25, -0.2) is 4.39 Å². The molecule has 0 amide bonds. The molecule has 1 N–H and O–H groups in total. The molecule has 2 nitrogen and oxygen atoms in total. The highest BCUT2D eigenvalue weighted by Crippen LogP contribution is 2.21. The van der Waals surface area contributed by atoms with Crippen molar-refractivity contribution in [3.05, 3.63) is 35.1 Å². The molecule has 0 aliphatic heterocycles. The van der Waals surface area contributed by atoms with Crippen molar-refractivity contribution in [2.45, 2.75) is 39.3 Å². The van der Waals surface area contributed by atoms with Crippen LogP contribution in [0.1, 0.15) is 38.3 Å². The summed E-state index contributed by atoms with van der Waals surface area (Å²) in [6.07, 6.45) is 1.03. The van der Waals surface area contributed by atoms with Gasteiger partial charge in [0, 0.05) is 17.6 Å². The lowest BCUT2D eigenvalue weighted by atomic mass is 9.98. The molecule has 0 unspecified atom stereocenters. The Morgan fingerprint density at radius 1 is 1.37 bits per heavy atom. The Morgan fingerprint density at radius 2 is 2.05 bits per heavy atom. The molecular weight excluding hydrogens is 241 g/mol. The van der Waals surface area contributed by atoms with E-state index in [1.54, 1.807) is 6.07 Å². The molecule has 1 aromatic carbocycles. The maximum Gasteiger partial charge on any atom is 0.124 e. The van der Waals surface area contributed by atoms with Gasteiger partial charge in [-0.3, -0.25) is 4.90 Å². The Morgan fingerprint density at radius 3 is 2.63 bits per heavy atom. The van der Waals surface area contributed by atoms with Crippen LogP contribution in [0, 0.1) is 17.7 Å². The van der Waals surface area contributed by atoms with Crippen molar-refractivity contribution in [3.8, 4) is 11.8 Å². The zero-order chi connectivity index (χ0) is 14.5. The molecule has 0 spiro atoms. The average molecular weight is 263 g/mol. The van der Waals surface area contributed by atoms with E-state index in [2.05, 4.69) is 44.6 Å². The van der Waals surface area contributed by atoms with Crippen LogP contribution in [0.5, 0.6) is 0 Å². The molecule has 0 heterocycles. The first-order chi connectivity index (χ1) is 8.90. The summed E-state index contributed by atoms with van der Waals surface area (Å²) in [6, 6.07) is 4.63. The number of hydrogen-bond donors (Lipinski definition) is 1. The fourth-order valence-electron chi connectivity index (χ4n) is 1.68. The third-order valence-electron chi connectivity index (χ3n) is 3.68. The first kappa shape index (κ1) is 15.7. The summed E-state index contributed by atoms with van der Waals surface area (Å²) in [7, 11) is 2.05. The zero-order valence-electron chi connectivity index (χ0n) is 12.1. The van der Waals surface area contributed by atoms with Gasteiger partial charge in [0.1, 0.15) is 12.4 Å². The summed E-state index contributed by atoms with van der Waals surface area (Å²) >= 11 is 0. The molecular formula is C16H22FNO. The van der Waals surface area contributed by atoms with Gasteiger partial charge in [0.2, 0.25) is 0 Å². The van der Waals surface area contributed by atoms with E-state index in [0.29, 0.717) is 12.1 Å². The largest absolute Gasteiger partial charge is 0.384 e. The minimum absolute atomic E-state index is 0.0794. The molecule has 0 bridgehead atoms. The van der Waals surface area contributed by atoms with Crippen LogP contribution in [0.2, 0.25) is 0 Å². The molecule has 0 saturated heterocycles. The first-order valence-electron chi connectivity index (χ1n) is 6.50. The van der Waals surface area contributed by atoms with Gasteiger partial charge in [-0.15, -0.1) is 0 Å². The number of rotatable bonds is 4. The second-order valence-electron chi connectivity index (χ2n) is 5.28. The number of aliphatic hydroxyl groups is 1. The Balaban J connectivity index is 3.01. The van der Waals surface area contributed by atoms with Gasteiger partial charge in [-0.2, -0.15) is 0 Å². The molecule has 1 rings (SSSR count). The van der Waals surface area contributed by atoms with E-state index in [1.807, 2.05) is 0 Å². The maximum absolute atomic E-state index is 13.3. The van der Waals surface area contributed by atoms with E-state index in [1.165, 1.54) is 12.1 Å². The molecule has 19 heavy (non-hydrogen) atoms. The van der Waals surface area contributed by atoms with Gasteiger partial charge in [0.05, 0.1) is 0 Å². The number of hydrogen-bond acceptors (Lipinski definition) is 2. The summed E-state index contributed by atoms with van der Waals surface area (Å²) < 4.78 is 13.3. The third kappa shape index (κ3) is 4.34. The van der Waals surface area contributed by atoms with Gasteiger partial charge < -0.3 is 5.11 Å². The maximum atomic E-state index is 13.3. The van der Waals surface area contributed by atoms with Crippen molar-refractivity contribution in [3.63, 3.8) is 0 Å². The highest BCUT2D eigenvalue weighted by Gasteiger charge is 2.21. The van der Waals surface area contributed by atoms with Crippen LogP contribution in [-0.2, 0) is 6.54 Å². The normalized spacial score (nSPS) is 11.3. The molecule has 1 aromatic rings. The summed E-state index contributed by atoms with van der Waals surface area (Å²) in [5, 5.41) is 8.76. The minimum atomic E-state index is -0.302. The Labute approximate surface area is 115 Å². The predicted molar refractivity (Wildman–Crippen MR) is 76.2 cm³/mol. The van der Waals surface area contributed by atoms with Crippen molar-refractivity contribution >= 4 is 0 Å². The van der Waals surface area contributed by atoms with Crippen LogP contribution in [0.15, 0.2) is 18.2 Å². The molecule has 0 radical (unpaired) electrons. The number of aliphatic hydroxyl groups excluding tert-OH is 1. The van der Waals surface area contributed by atoms with Gasteiger partial charge in [0.15, 0.2) is 0 Å². The lowest BCUT2D eigenvalue weighted by Gasteiger charge is -2.35. The quantitative estimate of drug-likeness (QED) is 0.844. The Kier molecular flexibility index (Phi) is 5.53. The standard InChI is InChI=1S/C16H22FNO/c1-5-16(2,3)18(4)12-14-8-9-15(17)11-13(14)7-6-10-19/h8-9,11,19H,5,10,12H2,1-4H3. The molecule has 104 valence electrons. The fraction of sp³-hybridized carbons (Fsp3) is 0.500. The van der Waals surface area contributed by atoms with Crippen LogP contribution >= 0.6 is 0 Å². The van der Waals surface area contributed by atoms with Gasteiger partial charge >= 0.3 is 0 Å². The van der Waals surface area contributed by atoms with E-state index in [9.17, 15) is 4.39 Å². The summed E-state index contributed by atoms with van der Waals surface area (Å²) in [5.74, 6) is 5.09. The average Bonchev–Trinajstić information content (AvgIpc) is 2.38. The SMILES string of the molecule is CCC(C)(C)N(C)Cc1ccc(F)cc1C#CCO. The summed E-state index contributed by atoms with van der Waals surface area (Å²) in [5.41, 5.74) is 1.70. The first-order valence-corrected chi connectivity index (χ1v) is 6.50. The van der Waals surface area contributed by atoms with Crippen molar-refractivity contribution in [1.29, 1.82) is 0 Å². The molecule has 0 fully saturated rings. The van der Waals surface area contributed by atoms with E-state index in [-0.39, 0.29) is 18.0 Å². The highest BCUT2D eigenvalue weighted by atomic mass is 19.1. The van der Waals surface area contributed by atoms with E-state index in [0.717, 1.165) is 12.0 Å². The van der Waals surface area contributed by atoms with Gasteiger partial charge in [-0.05, 0) is 45.0 Å². The predicted octanol–water partition coefficient (Wildman–Crippen LogP) is 2.79. The van der Waals surface area contributed by atoms with E-state index >= 15 is 0 Å². The Bertz CT molecular complexity index is 485. The lowest BCUT2D eigenvalue weighted by molar-refractivity contribution is 0.143. The van der Waals surface area contributed by atoms with Crippen LogP contribution in [-0.4, -0.2) is 29.2 Å². The second-order valence-corrected chi connectivity index (χ2v) is 5.28. The molecule has 0 aliphatic rings. The van der Waals surface area contributed by atoms with Gasteiger partial charge in [0.25, 0.3) is 0 Å². The number of nitrogens with zero attached hydrogens (tertiary/aromatic N) is 1. The fourth-order valence-corrected chi connectivity index (χ4v) is 1.68. The second kappa shape index (κ2) is 6.70. The molecule has 0 atom stereocenters. The topological polar surface area (TPSA) is 23.5 Å². The van der Waals surface area contributed by atoms with Crippen molar-refractivity contribution in [1.82, 2.24) is 4.90 Å².